The standard InChI is InChI=1S/C14H17N3O3/c18-12(9-11-13(19)17-14(20)16-11)15-8-4-7-10-5-2-1-3-6-10/h1-3,5-6,11H,4,7-9H2,(H,15,18)(H2,16,17,19,20). The summed E-state index contributed by atoms with van der Waals surface area (Å²) in [5.74, 6) is -0.685. The zero-order valence-corrected chi connectivity index (χ0v) is 11.0. The molecule has 1 atom stereocenters. The Morgan fingerprint density at radius 3 is 2.60 bits per heavy atom. The molecule has 1 fully saturated rings. The molecule has 4 amide bonds. The van der Waals surface area contributed by atoms with Gasteiger partial charge in [-0.15, -0.1) is 0 Å². The van der Waals surface area contributed by atoms with Crippen molar-refractivity contribution in [3.8, 4) is 0 Å². The monoisotopic (exact) mass is 275 g/mol. The number of benzene rings is 1. The molecule has 3 N–H and O–H groups in total. The molecule has 0 aromatic heterocycles. The molecule has 1 aliphatic heterocycles. The van der Waals surface area contributed by atoms with Crippen LogP contribution in [0.4, 0.5) is 4.79 Å². The summed E-state index contributed by atoms with van der Waals surface area (Å²) in [4.78, 5) is 33.8. The van der Waals surface area contributed by atoms with E-state index in [9.17, 15) is 14.4 Å². The third-order valence-electron chi connectivity index (χ3n) is 3.06. The van der Waals surface area contributed by atoms with Gasteiger partial charge in [-0.05, 0) is 18.4 Å². The Balaban J connectivity index is 1.63. The van der Waals surface area contributed by atoms with Crippen molar-refractivity contribution in [1.29, 1.82) is 0 Å². The Morgan fingerprint density at radius 2 is 1.95 bits per heavy atom. The normalized spacial score (nSPS) is 17.5. The second-order valence-corrected chi connectivity index (χ2v) is 4.66. The van der Waals surface area contributed by atoms with E-state index in [0.29, 0.717) is 6.54 Å². The van der Waals surface area contributed by atoms with Crippen molar-refractivity contribution in [3.05, 3.63) is 35.9 Å². The Labute approximate surface area is 116 Å². The van der Waals surface area contributed by atoms with E-state index in [1.54, 1.807) is 0 Å². The van der Waals surface area contributed by atoms with Gasteiger partial charge in [0.15, 0.2) is 0 Å². The Hall–Kier alpha value is -2.37. The summed E-state index contributed by atoms with van der Waals surface area (Å²) in [6.07, 6.45) is 1.70. The van der Waals surface area contributed by atoms with Gasteiger partial charge in [0.05, 0.1) is 6.42 Å². The first-order chi connectivity index (χ1) is 9.65. The molecular weight excluding hydrogens is 258 g/mol. The molecule has 20 heavy (non-hydrogen) atoms. The lowest BCUT2D eigenvalue weighted by Crippen LogP contribution is -2.36. The number of carbonyl (C=O) groups excluding carboxylic acids is 3. The molecule has 6 heteroatoms. The summed E-state index contributed by atoms with van der Waals surface area (Å²) in [7, 11) is 0. The van der Waals surface area contributed by atoms with E-state index in [0.717, 1.165) is 12.8 Å². The lowest BCUT2D eigenvalue weighted by atomic mass is 10.1. The minimum atomic E-state index is -0.753. The zero-order valence-electron chi connectivity index (χ0n) is 11.0. The average molecular weight is 275 g/mol. The fourth-order valence-electron chi connectivity index (χ4n) is 2.03. The van der Waals surface area contributed by atoms with Gasteiger partial charge in [0.1, 0.15) is 6.04 Å². The molecule has 0 saturated carbocycles. The van der Waals surface area contributed by atoms with Crippen molar-refractivity contribution in [2.75, 3.05) is 6.54 Å². The molecule has 2 rings (SSSR count). The van der Waals surface area contributed by atoms with Crippen LogP contribution in [0.5, 0.6) is 0 Å². The van der Waals surface area contributed by atoms with Gasteiger partial charge in [-0.2, -0.15) is 0 Å². The van der Waals surface area contributed by atoms with Gasteiger partial charge in [0.2, 0.25) is 5.91 Å². The van der Waals surface area contributed by atoms with Gasteiger partial charge in [0, 0.05) is 6.54 Å². The van der Waals surface area contributed by atoms with Gasteiger partial charge in [-0.25, -0.2) is 4.79 Å². The molecule has 0 spiro atoms. The predicted molar refractivity (Wildman–Crippen MR) is 72.9 cm³/mol. The topological polar surface area (TPSA) is 87.3 Å². The number of urea groups is 1. The van der Waals surface area contributed by atoms with Crippen LogP contribution in [-0.4, -0.2) is 30.4 Å². The predicted octanol–water partition coefficient (Wildman–Crippen LogP) is 0.334. The molecule has 1 aromatic rings. The van der Waals surface area contributed by atoms with Crippen molar-refractivity contribution < 1.29 is 14.4 Å². The lowest BCUT2D eigenvalue weighted by molar-refractivity contribution is -0.126. The summed E-state index contributed by atoms with van der Waals surface area (Å²) < 4.78 is 0. The van der Waals surface area contributed by atoms with Crippen molar-refractivity contribution in [2.24, 2.45) is 0 Å². The summed E-state index contributed by atoms with van der Waals surface area (Å²) in [6.45, 7) is 0.552. The Morgan fingerprint density at radius 1 is 1.20 bits per heavy atom. The number of hydrogen-bond acceptors (Lipinski definition) is 3. The summed E-state index contributed by atoms with van der Waals surface area (Å²) >= 11 is 0. The highest BCUT2D eigenvalue weighted by Crippen LogP contribution is 2.02. The molecular formula is C14H17N3O3. The molecule has 0 radical (unpaired) electrons. The fraction of sp³-hybridized carbons (Fsp3) is 0.357. The minimum Gasteiger partial charge on any atom is -0.356 e. The molecule has 0 aliphatic carbocycles. The molecule has 0 bridgehead atoms. The number of imide groups is 1. The quantitative estimate of drug-likeness (QED) is 0.516. The van der Waals surface area contributed by atoms with E-state index in [-0.39, 0.29) is 12.3 Å². The Kier molecular flexibility index (Phi) is 4.70. The Bertz CT molecular complexity index is 502. The maximum Gasteiger partial charge on any atom is 0.322 e. The highest BCUT2D eigenvalue weighted by molar-refractivity contribution is 6.05. The number of rotatable bonds is 6. The van der Waals surface area contributed by atoms with E-state index in [4.69, 9.17) is 0 Å². The van der Waals surface area contributed by atoms with Crippen molar-refractivity contribution in [1.82, 2.24) is 16.0 Å². The summed E-state index contributed by atoms with van der Waals surface area (Å²) in [5.41, 5.74) is 1.23. The molecule has 1 saturated heterocycles. The van der Waals surface area contributed by atoms with Gasteiger partial charge < -0.3 is 10.6 Å². The smallest absolute Gasteiger partial charge is 0.322 e. The van der Waals surface area contributed by atoms with Gasteiger partial charge in [0.25, 0.3) is 5.91 Å². The number of hydrogen-bond donors (Lipinski definition) is 3. The van der Waals surface area contributed by atoms with Crippen molar-refractivity contribution in [3.63, 3.8) is 0 Å². The van der Waals surface area contributed by atoms with Gasteiger partial charge in [-0.1, -0.05) is 30.3 Å². The van der Waals surface area contributed by atoms with E-state index in [2.05, 4.69) is 16.0 Å². The maximum absolute atomic E-state index is 11.6. The van der Waals surface area contributed by atoms with Crippen LogP contribution in [0.2, 0.25) is 0 Å². The highest BCUT2D eigenvalue weighted by atomic mass is 16.2. The lowest BCUT2D eigenvalue weighted by Gasteiger charge is -2.08. The number of nitrogens with one attached hydrogen (secondary N) is 3. The maximum atomic E-state index is 11.6. The summed E-state index contributed by atoms with van der Waals surface area (Å²) in [6, 6.07) is 8.71. The largest absolute Gasteiger partial charge is 0.356 e. The second-order valence-electron chi connectivity index (χ2n) is 4.66. The SMILES string of the molecule is O=C(CC1NC(=O)NC1=O)NCCCc1ccccc1. The summed E-state index contributed by atoms with van der Waals surface area (Å²) in [5, 5.41) is 7.23. The molecule has 1 unspecified atom stereocenters. The van der Waals surface area contributed by atoms with Crippen molar-refractivity contribution in [2.45, 2.75) is 25.3 Å². The van der Waals surface area contributed by atoms with Crippen LogP contribution >= 0.6 is 0 Å². The third kappa shape index (κ3) is 4.08. The first-order valence-corrected chi connectivity index (χ1v) is 6.57. The van der Waals surface area contributed by atoms with Gasteiger partial charge in [-0.3, -0.25) is 14.9 Å². The molecule has 1 aromatic carbocycles. The van der Waals surface area contributed by atoms with Crippen LogP contribution in [0.3, 0.4) is 0 Å². The van der Waals surface area contributed by atoms with E-state index in [1.165, 1.54) is 5.56 Å². The van der Waals surface area contributed by atoms with Crippen LogP contribution < -0.4 is 16.0 Å². The van der Waals surface area contributed by atoms with Gasteiger partial charge >= 0.3 is 6.03 Å². The average Bonchev–Trinajstić information content (AvgIpc) is 2.74. The van der Waals surface area contributed by atoms with Crippen LogP contribution in [0, 0.1) is 0 Å². The second kappa shape index (κ2) is 6.70. The van der Waals surface area contributed by atoms with Crippen LogP contribution in [0.1, 0.15) is 18.4 Å². The molecule has 106 valence electrons. The van der Waals surface area contributed by atoms with E-state index < -0.39 is 18.0 Å². The van der Waals surface area contributed by atoms with E-state index in [1.807, 2.05) is 30.3 Å². The molecule has 6 nitrogen and oxygen atoms in total. The molecule has 1 heterocycles. The van der Waals surface area contributed by atoms with Crippen molar-refractivity contribution >= 4 is 17.8 Å². The fourth-order valence-corrected chi connectivity index (χ4v) is 2.03. The zero-order chi connectivity index (χ0) is 14.4. The van der Waals surface area contributed by atoms with E-state index >= 15 is 0 Å². The van der Waals surface area contributed by atoms with Crippen LogP contribution in [0.15, 0.2) is 30.3 Å². The first kappa shape index (κ1) is 14.0. The first-order valence-electron chi connectivity index (χ1n) is 6.57. The highest BCUT2D eigenvalue weighted by Gasteiger charge is 2.30. The number of carbonyl (C=O) groups is 3. The van der Waals surface area contributed by atoms with Crippen LogP contribution in [-0.2, 0) is 16.0 Å². The number of amides is 4. The molecule has 1 aliphatic rings. The third-order valence-corrected chi connectivity index (χ3v) is 3.06. The number of aryl methyl sites for hydroxylation is 1. The minimum absolute atomic E-state index is 0.0249. The van der Waals surface area contributed by atoms with Crippen LogP contribution in [0.25, 0.3) is 0 Å².